The Morgan fingerprint density at radius 1 is 1.56 bits per heavy atom. The van der Waals surface area contributed by atoms with Gasteiger partial charge in [0.1, 0.15) is 6.20 Å². The molecule has 0 amide bonds. The smallest absolute Gasteiger partial charge is 0.111 e. The molecule has 1 aliphatic rings. The van der Waals surface area contributed by atoms with Crippen molar-refractivity contribution in [1.82, 2.24) is 5.01 Å². The van der Waals surface area contributed by atoms with Crippen LogP contribution in [0.4, 0.5) is 0 Å². The van der Waals surface area contributed by atoms with Gasteiger partial charge in [0.15, 0.2) is 0 Å². The first kappa shape index (κ1) is 9.39. The van der Waals surface area contributed by atoms with Gasteiger partial charge in [-0.1, -0.05) is 0 Å². The molecule has 0 aliphatic carbocycles. The molecule has 0 bridgehead atoms. The molecule has 0 saturated heterocycles. The SMILES string of the molecule is CC1C=C[NH+](C)N1C.[I-]. The van der Waals surface area contributed by atoms with Crippen LogP contribution in [0.2, 0.25) is 0 Å². The average molecular weight is 240 g/mol. The van der Waals surface area contributed by atoms with Crippen molar-refractivity contribution in [2.75, 3.05) is 14.1 Å². The number of nitrogens with zero attached hydrogens (tertiary/aromatic N) is 1. The first-order valence-corrected chi connectivity index (χ1v) is 2.96. The molecule has 1 aliphatic heterocycles. The van der Waals surface area contributed by atoms with Crippen LogP contribution >= 0.6 is 0 Å². The molecule has 1 N–H and O–H groups in total. The van der Waals surface area contributed by atoms with Crippen molar-refractivity contribution in [2.24, 2.45) is 0 Å². The summed E-state index contributed by atoms with van der Waals surface area (Å²) in [4.78, 5) is 0. The molecular formula is C6H13IN2. The predicted molar refractivity (Wildman–Crippen MR) is 33.3 cm³/mol. The summed E-state index contributed by atoms with van der Waals surface area (Å²) in [5.41, 5.74) is 0. The summed E-state index contributed by atoms with van der Waals surface area (Å²) >= 11 is 0. The van der Waals surface area contributed by atoms with Crippen LogP contribution in [0.5, 0.6) is 0 Å². The topological polar surface area (TPSA) is 7.68 Å². The van der Waals surface area contributed by atoms with E-state index in [0.717, 1.165) is 0 Å². The van der Waals surface area contributed by atoms with Gasteiger partial charge in [-0.25, -0.2) is 5.01 Å². The van der Waals surface area contributed by atoms with E-state index in [0.29, 0.717) is 6.04 Å². The lowest BCUT2D eigenvalue weighted by Gasteiger charge is -2.17. The van der Waals surface area contributed by atoms with Crippen LogP contribution in [0.25, 0.3) is 0 Å². The number of likely N-dealkylation sites (N-methyl/N-ethyl adjacent to an activating group) is 1. The zero-order valence-corrected chi connectivity index (χ0v) is 8.21. The van der Waals surface area contributed by atoms with Crippen LogP contribution in [-0.2, 0) is 0 Å². The lowest BCUT2D eigenvalue weighted by molar-refractivity contribution is -0.945. The van der Waals surface area contributed by atoms with Crippen LogP contribution in [0.3, 0.4) is 0 Å². The molecule has 9 heavy (non-hydrogen) atoms. The molecule has 0 aromatic rings. The number of nitrogens with one attached hydrogen (secondary N) is 1. The Hall–Kier alpha value is 0.390. The van der Waals surface area contributed by atoms with Gasteiger partial charge in [0, 0.05) is 7.05 Å². The molecule has 2 atom stereocenters. The number of quaternary nitrogens is 1. The van der Waals surface area contributed by atoms with Gasteiger partial charge in [0.2, 0.25) is 0 Å². The molecule has 1 rings (SSSR count). The fourth-order valence-corrected chi connectivity index (χ4v) is 0.846. The highest BCUT2D eigenvalue weighted by atomic mass is 127. The fourth-order valence-electron chi connectivity index (χ4n) is 0.846. The second-order valence-electron chi connectivity index (χ2n) is 2.35. The lowest BCUT2D eigenvalue weighted by atomic mass is 10.3. The minimum Gasteiger partial charge on any atom is -1.00 e. The molecule has 1 heterocycles. The third kappa shape index (κ3) is 1.91. The highest BCUT2D eigenvalue weighted by Gasteiger charge is 2.18. The number of rotatable bonds is 0. The Kier molecular flexibility index (Phi) is 3.68. The molecule has 0 aromatic heterocycles. The average Bonchev–Trinajstić information content (AvgIpc) is 1.98. The maximum absolute atomic E-state index is 2.25. The maximum Gasteiger partial charge on any atom is 0.111 e. The van der Waals surface area contributed by atoms with E-state index < -0.39 is 0 Å². The van der Waals surface area contributed by atoms with Crippen LogP contribution < -0.4 is 29.0 Å². The van der Waals surface area contributed by atoms with Gasteiger partial charge in [-0.2, -0.15) is 0 Å². The Labute approximate surface area is 73.5 Å². The van der Waals surface area contributed by atoms with Crippen molar-refractivity contribution in [3.8, 4) is 0 Å². The van der Waals surface area contributed by atoms with Gasteiger partial charge in [0.25, 0.3) is 0 Å². The summed E-state index contributed by atoms with van der Waals surface area (Å²) in [5, 5.41) is 3.61. The van der Waals surface area contributed by atoms with E-state index in [1.54, 1.807) is 0 Å². The molecule has 3 heteroatoms. The summed E-state index contributed by atoms with van der Waals surface area (Å²) in [6.07, 6.45) is 4.36. The largest absolute Gasteiger partial charge is 1.00 e. The Morgan fingerprint density at radius 2 is 2.11 bits per heavy atom. The summed E-state index contributed by atoms with van der Waals surface area (Å²) in [5.74, 6) is 0. The molecular weight excluding hydrogens is 227 g/mol. The summed E-state index contributed by atoms with van der Waals surface area (Å²) in [6.45, 7) is 2.19. The lowest BCUT2D eigenvalue weighted by Crippen LogP contribution is -3.09. The van der Waals surface area contributed by atoms with Crippen molar-refractivity contribution < 1.29 is 29.0 Å². The minimum absolute atomic E-state index is 0. The normalized spacial score (nSPS) is 34.6. The van der Waals surface area contributed by atoms with Crippen LogP contribution in [-0.4, -0.2) is 25.1 Å². The maximum atomic E-state index is 2.25. The van der Waals surface area contributed by atoms with Crippen molar-refractivity contribution in [3.63, 3.8) is 0 Å². The van der Waals surface area contributed by atoms with Crippen molar-refractivity contribution in [2.45, 2.75) is 13.0 Å². The van der Waals surface area contributed by atoms with Crippen LogP contribution in [0.1, 0.15) is 6.92 Å². The highest BCUT2D eigenvalue weighted by molar-refractivity contribution is 4.86. The molecule has 0 saturated carbocycles. The van der Waals surface area contributed by atoms with E-state index in [2.05, 4.69) is 38.3 Å². The molecule has 2 nitrogen and oxygen atoms in total. The summed E-state index contributed by atoms with van der Waals surface area (Å²) < 4.78 is 0. The second-order valence-corrected chi connectivity index (χ2v) is 2.35. The third-order valence-corrected chi connectivity index (χ3v) is 1.78. The monoisotopic (exact) mass is 240 g/mol. The van der Waals surface area contributed by atoms with E-state index in [-0.39, 0.29) is 24.0 Å². The Morgan fingerprint density at radius 3 is 2.22 bits per heavy atom. The zero-order valence-electron chi connectivity index (χ0n) is 6.06. The number of halogens is 1. The number of hydrogen-bond donors (Lipinski definition) is 1. The van der Waals surface area contributed by atoms with Crippen molar-refractivity contribution in [3.05, 3.63) is 12.3 Å². The Balaban J connectivity index is 0.000000640. The van der Waals surface area contributed by atoms with Gasteiger partial charge in [-0.15, -0.1) is 5.01 Å². The second kappa shape index (κ2) is 3.53. The van der Waals surface area contributed by atoms with Crippen molar-refractivity contribution in [1.29, 1.82) is 0 Å². The molecule has 54 valence electrons. The minimum atomic E-state index is 0. The van der Waals surface area contributed by atoms with Gasteiger partial charge >= 0.3 is 0 Å². The highest BCUT2D eigenvalue weighted by Crippen LogP contribution is 1.92. The van der Waals surface area contributed by atoms with Crippen LogP contribution in [0.15, 0.2) is 12.3 Å². The van der Waals surface area contributed by atoms with Crippen molar-refractivity contribution >= 4 is 0 Å². The quantitative estimate of drug-likeness (QED) is 0.428. The standard InChI is InChI=1S/C6H12N2.HI/c1-6-4-5-7(2)8(6)3;/h4-6H,1-3H3;1H. The summed E-state index contributed by atoms with van der Waals surface area (Å²) in [6, 6.07) is 0.606. The molecule has 0 fully saturated rings. The Bertz CT molecular complexity index is 102. The van der Waals surface area contributed by atoms with E-state index in [1.165, 1.54) is 5.01 Å². The van der Waals surface area contributed by atoms with Gasteiger partial charge in [0.05, 0.1) is 13.1 Å². The van der Waals surface area contributed by atoms with Gasteiger partial charge in [-0.05, 0) is 13.0 Å². The third-order valence-electron chi connectivity index (χ3n) is 1.78. The van der Waals surface area contributed by atoms with E-state index >= 15 is 0 Å². The van der Waals surface area contributed by atoms with Crippen LogP contribution in [0, 0.1) is 0 Å². The summed E-state index contributed by atoms with van der Waals surface area (Å²) in [7, 11) is 4.24. The molecule has 2 unspecified atom stereocenters. The predicted octanol–water partition coefficient (Wildman–Crippen LogP) is -3.73. The molecule has 0 radical (unpaired) electrons. The fraction of sp³-hybridized carbons (Fsp3) is 0.667. The zero-order chi connectivity index (χ0) is 6.15. The van der Waals surface area contributed by atoms with Gasteiger partial charge < -0.3 is 24.0 Å². The number of hydrogen-bond acceptors (Lipinski definition) is 1. The molecule has 0 spiro atoms. The van der Waals surface area contributed by atoms with E-state index in [9.17, 15) is 0 Å². The van der Waals surface area contributed by atoms with E-state index in [1.807, 2.05) is 0 Å². The van der Waals surface area contributed by atoms with E-state index in [4.69, 9.17) is 0 Å². The first-order valence-electron chi connectivity index (χ1n) is 2.96. The van der Waals surface area contributed by atoms with Gasteiger partial charge in [-0.3, -0.25) is 0 Å². The first-order chi connectivity index (χ1) is 3.72. The molecule has 0 aromatic carbocycles.